The largest absolute Gasteiger partial charge is 0.444 e. The van der Waals surface area contributed by atoms with E-state index in [0.717, 1.165) is 12.2 Å². The van der Waals surface area contributed by atoms with Crippen molar-refractivity contribution in [3.8, 4) is 11.5 Å². The summed E-state index contributed by atoms with van der Waals surface area (Å²) in [7, 11) is 0. The second kappa shape index (κ2) is 4.90. The van der Waals surface area contributed by atoms with Gasteiger partial charge < -0.3 is 9.73 Å². The second-order valence-electron chi connectivity index (χ2n) is 3.40. The van der Waals surface area contributed by atoms with Gasteiger partial charge >= 0.3 is 0 Å². The van der Waals surface area contributed by atoms with Gasteiger partial charge in [0, 0.05) is 6.54 Å². The van der Waals surface area contributed by atoms with Crippen LogP contribution < -0.4 is 5.32 Å². The lowest BCUT2D eigenvalue weighted by molar-refractivity contribution is 0.559. The van der Waals surface area contributed by atoms with Crippen LogP contribution in [-0.4, -0.2) is 11.5 Å². The molecule has 0 saturated carbocycles. The highest BCUT2D eigenvalue weighted by atomic mass is 19.1. The molecule has 0 spiro atoms. The van der Waals surface area contributed by atoms with E-state index in [0.29, 0.717) is 18.0 Å². The first kappa shape index (κ1) is 10.8. The first-order valence-electron chi connectivity index (χ1n) is 5.21. The third-order valence-electron chi connectivity index (χ3n) is 2.21. The molecule has 0 radical (unpaired) electrons. The van der Waals surface area contributed by atoms with E-state index >= 15 is 0 Å². The fourth-order valence-corrected chi connectivity index (χ4v) is 1.40. The average molecular weight is 220 g/mol. The lowest BCUT2D eigenvalue weighted by atomic mass is 10.2. The molecule has 0 atom stereocenters. The van der Waals surface area contributed by atoms with E-state index in [2.05, 4.69) is 10.3 Å². The number of rotatable bonds is 4. The van der Waals surface area contributed by atoms with Crippen molar-refractivity contribution in [3.63, 3.8) is 0 Å². The van der Waals surface area contributed by atoms with Crippen LogP contribution >= 0.6 is 0 Å². The van der Waals surface area contributed by atoms with E-state index in [4.69, 9.17) is 4.42 Å². The van der Waals surface area contributed by atoms with E-state index in [1.54, 1.807) is 24.5 Å². The Bertz CT molecular complexity index is 468. The predicted octanol–water partition coefficient (Wildman–Crippen LogP) is 2.59. The molecule has 16 heavy (non-hydrogen) atoms. The minimum Gasteiger partial charge on any atom is -0.444 e. The van der Waals surface area contributed by atoms with Gasteiger partial charge in [0.15, 0.2) is 0 Å². The zero-order chi connectivity index (χ0) is 11.4. The number of hydrogen-bond acceptors (Lipinski definition) is 3. The quantitative estimate of drug-likeness (QED) is 0.860. The van der Waals surface area contributed by atoms with Crippen molar-refractivity contribution in [1.82, 2.24) is 10.3 Å². The number of oxazole rings is 1. The molecule has 3 nitrogen and oxygen atoms in total. The Morgan fingerprint density at radius 1 is 1.38 bits per heavy atom. The molecule has 0 aliphatic heterocycles. The smallest absolute Gasteiger partial charge is 0.229 e. The lowest BCUT2D eigenvalue weighted by Gasteiger charge is -1.96. The molecular formula is C12H13FN2O. The third kappa shape index (κ3) is 2.28. The standard InChI is InChI=1S/C12H13FN2O/c1-2-14-7-9-8-16-12(15-9)10-5-3-4-6-11(10)13/h3-6,8,14H,2,7H2,1H3. The maximum absolute atomic E-state index is 13.4. The molecule has 2 rings (SSSR count). The number of nitrogens with zero attached hydrogens (tertiary/aromatic N) is 1. The monoisotopic (exact) mass is 220 g/mol. The third-order valence-corrected chi connectivity index (χ3v) is 2.21. The Labute approximate surface area is 93.3 Å². The van der Waals surface area contributed by atoms with Gasteiger partial charge in [-0.3, -0.25) is 0 Å². The Morgan fingerprint density at radius 3 is 2.94 bits per heavy atom. The molecule has 1 N–H and O–H groups in total. The number of nitrogens with one attached hydrogen (secondary N) is 1. The minimum atomic E-state index is -0.320. The van der Waals surface area contributed by atoms with E-state index < -0.39 is 0 Å². The van der Waals surface area contributed by atoms with Crippen molar-refractivity contribution in [2.75, 3.05) is 6.54 Å². The Balaban J connectivity index is 2.22. The summed E-state index contributed by atoms with van der Waals surface area (Å²) in [5, 5.41) is 3.13. The molecule has 0 aliphatic carbocycles. The summed E-state index contributed by atoms with van der Waals surface area (Å²) in [5.74, 6) is 0.00496. The van der Waals surface area contributed by atoms with Crippen LogP contribution in [0.25, 0.3) is 11.5 Å². The normalized spacial score (nSPS) is 10.6. The highest BCUT2D eigenvalue weighted by Gasteiger charge is 2.10. The highest BCUT2D eigenvalue weighted by molar-refractivity contribution is 5.53. The van der Waals surface area contributed by atoms with Crippen LogP contribution in [0, 0.1) is 5.82 Å². The van der Waals surface area contributed by atoms with Crippen molar-refractivity contribution in [2.24, 2.45) is 0 Å². The average Bonchev–Trinajstić information content (AvgIpc) is 2.75. The molecule has 0 fully saturated rings. The second-order valence-corrected chi connectivity index (χ2v) is 3.40. The molecule has 0 unspecified atom stereocenters. The SMILES string of the molecule is CCNCc1coc(-c2ccccc2F)n1. The van der Waals surface area contributed by atoms with E-state index in [9.17, 15) is 4.39 Å². The molecule has 4 heteroatoms. The first-order valence-corrected chi connectivity index (χ1v) is 5.21. The molecule has 2 aromatic rings. The fraction of sp³-hybridized carbons (Fsp3) is 0.250. The van der Waals surface area contributed by atoms with Crippen LogP contribution in [0.15, 0.2) is 34.9 Å². The Morgan fingerprint density at radius 2 is 2.19 bits per heavy atom. The number of halogens is 1. The number of hydrogen-bond donors (Lipinski definition) is 1. The van der Waals surface area contributed by atoms with Gasteiger partial charge in [-0.2, -0.15) is 0 Å². The first-order chi connectivity index (χ1) is 7.81. The molecule has 1 heterocycles. The van der Waals surface area contributed by atoms with Crippen LogP contribution in [-0.2, 0) is 6.54 Å². The van der Waals surface area contributed by atoms with Crippen molar-refractivity contribution >= 4 is 0 Å². The molecule has 0 saturated heterocycles. The highest BCUT2D eigenvalue weighted by Crippen LogP contribution is 2.21. The lowest BCUT2D eigenvalue weighted by Crippen LogP contribution is -2.11. The van der Waals surface area contributed by atoms with Gasteiger partial charge in [0.2, 0.25) is 5.89 Å². The molecule has 1 aromatic carbocycles. The summed E-state index contributed by atoms with van der Waals surface area (Å²) in [6.45, 7) is 3.51. The summed E-state index contributed by atoms with van der Waals surface area (Å²) in [5.41, 5.74) is 1.17. The maximum Gasteiger partial charge on any atom is 0.229 e. The van der Waals surface area contributed by atoms with Gasteiger partial charge in [-0.15, -0.1) is 0 Å². The fourth-order valence-electron chi connectivity index (χ4n) is 1.40. The summed E-state index contributed by atoms with van der Waals surface area (Å²) in [4.78, 5) is 4.21. The van der Waals surface area contributed by atoms with Gasteiger partial charge in [0.05, 0.1) is 11.3 Å². The van der Waals surface area contributed by atoms with Crippen molar-refractivity contribution in [1.29, 1.82) is 0 Å². The molecule has 84 valence electrons. The van der Waals surface area contributed by atoms with Gasteiger partial charge in [0.25, 0.3) is 0 Å². The molecular weight excluding hydrogens is 207 g/mol. The Kier molecular flexibility index (Phi) is 3.31. The van der Waals surface area contributed by atoms with Crippen molar-refractivity contribution in [2.45, 2.75) is 13.5 Å². The summed E-state index contributed by atoms with van der Waals surface area (Å²) in [6.07, 6.45) is 1.55. The number of benzene rings is 1. The topological polar surface area (TPSA) is 38.1 Å². The predicted molar refractivity (Wildman–Crippen MR) is 59.3 cm³/mol. The van der Waals surface area contributed by atoms with E-state index in [1.165, 1.54) is 6.07 Å². The van der Waals surface area contributed by atoms with Crippen LogP contribution in [0.2, 0.25) is 0 Å². The molecule has 0 aliphatic rings. The minimum absolute atomic E-state index is 0.320. The summed E-state index contributed by atoms with van der Waals surface area (Å²) >= 11 is 0. The molecule has 1 aromatic heterocycles. The van der Waals surface area contributed by atoms with Gasteiger partial charge in [-0.25, -0.2) is 9.37 Å². The van der Waals surface area contributed by atoms with Gasteiger partial charge in [-0.05, 0) is 18.7 Å². The van der Waals surface area contributed by atoms with Crippen LogP contribution in [0.5, 0.6) is 0 Å². The summed E-state index contributed by atoms with van der Waals surface area (Å²) < 4.78 is 18.7. The van der Waals surface area contributed by atoms with Crippen LogP contribution in [0.4, 0.5) is 4.39 Å². The van der Waals surface area contributed by atoms with Gasteiger partial charge in [-0.1, -0.05) is 19.1 Å². The van der Waals surface area contributed by atoms with Crippen molar-refractivity contribution in [3.05, 3.63) is 42.0 Å². The van der Waals surface area contributed by atoms with Crippen LogP contribution in [0.1, 0.15) is 12.6 Å². The maximum atomic E-state index is 13.4. The van der Waals surface area contributed by atoms with Crippen LogP contribution in [0.3, 0.4) is 0 Å². The molecule has 0 amide bonds. The Hall–Kier alpha value is -1.68. The number of aromatic nitrogens is 1. The van der Waals surface area contributed by atoms with Gasteiger partial charge in [0.1, 0.15) is 12.1 Å². The summed E-state index contributed by atoms with van der Waals surface area (Å²) in [6, 6.07) is 6.44. The zero-order valence-corrected chi connectivity index (χ0v) is 9.03. The van der Waals surface area contributed by atoms with E-state index in [-0.39, 0.29) is 5.82 Å². The van der Waals surface area contributed by atoms with Crippen molar-refractivity contribution < 1.29 is 8.81 Å². The molecule has 0 bridgehead atoms. The zero-order valence-electron chi connectivity index (χ0n) is 9.03. The van der Waals surface area contributed by atoms with E-state index in [1.807, 2.05) is 6.92 Å².